The normalized spacial score (nSPS) is 12.2. The predicted molar refractivity (Wildman–Crippen MR) is 206 cm³/mol. The van der Waals surface area contributed by atoms with Gasteiger partial charge in [-0.15, -0.1) is 0 Å². The quantitative estimate of drug-likeness (QED) is 0.184. The van der Waals surface area contributed by atoms with Crippen LogP contribution < -0.4 is 9.80 Å². The SMILES string of the molecule is c1ccc(-c2nc(-c3ccccc3)nc(-c3ccc4c(c3)oc3cc(N5c6ccccc6N(c6ccccc6)c6ccccc65)ccc34)n2)cc1. The van der Waals surface area contributed by atoms with E-state index in [4.69, 9.17) is 19.4 Å². The summed E-state index contributed by atoms with van der Waals surface area (Å²) in [5.41, 5.74) is 10.9. The first-order valence-electron chi connectivity index (χ1n) is 17.0. The molecule has 0 unspecified atom stereocenters. The van der Waals surface area contributed by atoms with Gasteiger partial charge in [0.05, 0.1) is 28.4 Å². The minimum Gasteiger partial charge on any atom is -0.456 e. The molecule has 3 heterocycles. The summed E-state index contributed by atoms with van der Waals surface area (Å²) in [5.74, 6) is 1.85. The minimum absolute atomic E-state index is 0.593. The summed E-state index contributed by atoms with van der Waals surface area (Å²) < 4.78 is 6.63. The zero-order valence-electron chi connectivity index (χ0n) is 27.4. The van der Waals surface area contributed by atoms with Crippen molar-refractivity contribution in [2.24, 2.45) is 0 Å². The summed E-state index contributed by atoms with van der Waals surface area (Å²) in [6.07, 6.45) is 0. The average Bonchev–Trinajstić information content (AvgIpc) is 3.58. The molecule has 0 atom stereocenters. The Hall–Kier alpha value is -7.05. The van der Waals surface area contributed by atoms with Gasteiger partial charge in [0, 0.05) is 39.2 Å². The van der Waals surface area contributed by atoms with E-state index in [9.17, 15) is 0 Å². The average molecular weight is 656 g/mol. The number of fused-ring (bicyclic) bond motifs is 5. The van der Waals surface area contributed by atoms with Gasteiger partial charge >= 0.3 is 0 Å². The van der Waals surface area contributed by atoms with Crippen LogP contribution in [0.3, 0.4) is 0 Å². The number of hydrogen-bond donors (Lipinski definition) is 0. The Bertz CT molecular complexity index is 2600. The van der Waals surface area contributed by atoms with Crippen molar-refractivity contribution in [3.63, 3.8) is 0 Å². The molecule has 51 heavy (non-hydrogen) atoms. The predicted octanol–water partition coefficient (Wildman–Crippen LogP) is 12.0. The van der Waals surface area contributed by atoms with Crippen LogP contribution in [0.4, 0.5) is 34.1 Å². The number of para-hydroxylation sites is 5. The Morgan fingerprint density at radius 2 is 0.745 bits per heavy atom. The van der Waals surface area contributed by atoms with Crippen molar-refractivity contribution in [3.05, 3.63) is 176 Å². The van der Waals surface area contributed by atoms with Crippen molar-refractivity contribution in [2.45, 2.75) is 0 Å². The van der Waals surface area contributed by atoms with Crippen LogP contribution >= 0.6 is 0 Å². The van der Waals surface area contributed by atoms with E-state index < -0.39 is 0 Å². The summed E-state index contributed by atoms with van der Waals surface area (Å²) >= 11 is 0. The highest BCUT2D eigenvalue weighted by Crippen LogP contribution is 2.54. The summed E-state index contributed by atoms with van der Waals surface area (Å²) in [6, 6.07) is 60.4. The van der Waals surface area contributed by atoms with Crippen LogP contribution in [0, 0.1) is 0 Å². The molecule has 1 aliphatic rings. The molecule has 1 aliphatic heterocycles. The van der Waals surface area contributed by atoms with Gasteiger partial charge in [0.25, 0.3) is 0 Å². The fourth-order valence-corrected chi connectivity index (χ4v) is 7.06. The standard InChI is InChI=1S/C45H29N5O/c1-4-14-30(15-5-1)43-46-44(31-16-6-2-7-17-31)48-45(47-43)32-24-26-35-36-27-25-34(29-42(36)51-41(35)28-32)50-39-22-12-10-20-37(39)49(33-18-8-3-9-19-33)38-21-11-13-23-40(38)50/h1-29H. The van der Waals surface area contributed by atoms with E-state index in [1.54, 1.807) is 0 Å². The first-order chi connectivity index (χ1) is 25.3. The van der Waals surface area contributed by atoms with Gasteiger partial charge in [-0.3, -0.25) is 0 Å². The van der Waals surface area contributed by atoms with Gasteiger partial charge < -0.3 is 14.2 Å². The summed E-state index contributed by atoms with van der Waals surface area (Å²) in [4.78, 5) is 19.4. The van der Waals surface area contributed by atoms with Gasteiger partial charge in [-0.05, 0) is 60.7 Å². The molecule has 10 rings (SSSR count). The molecule has 0 spiro atoms. The van der Waals surface area contributed by atoms with Gasteiger partial charge in [-0.25, -0.2) is 15.0 Å². The van der Waals surface area contributed by atoms with E-state index in [2.05, 4.69) is 119 Å². The smallest absolute Gasteiger partial charge is 0.164 e. The zero-order chi connectivity index (χ0) is 33.7. The van der Waals surface area contributed by atoms with Crippen molar-refractivity contribution in [2.75, 3.05) is 9.80 Å². The largest absolute Gasteiger partial charge is 0.456 e. The first-order valence-corrected chi connectivity index (χ1v) is 17.0. The molecule has 0 aliphatic carbocycles. The lowest BCUT2D eigenvalue weighted by Crippen LogP contribution is -2.23. The number of benzene rings is 7. The lowest BCUT2D eigenvalue weighted by Gasteiger charge is -2.40. The lowest BCUT2D eigenvalue weighted by atomic mass is 10.0. The fraction of sp³-hybridized carbons (Fsp3) is 0. The van der Waals surface area contributed by atoms with Crippen molar-refractivity contribution in [3.8, 4) is 34.2 Å². The highest BCUT2D eigenvalue weighted by molar-refractivity contribution is 6.08. The topological polar surface area (TPSA) is 58.3 Å². The van der Waals surface area contributed by atoms with Gasteiger partial charge in [-0.2, -0.15) is 0 Å². The first kappa shape index (κ1) is 28.9. The van der Waals surface area contributed by atoms with Crippen molar-refractivity contribution >= 4 is 56.1 Å². The third-order valence-electron chi connectivity index (χ3n) is 9.41. The van der Waals surface area contributed by atoms with Crippen LogP contribution in [0.25, 0.3) is 56.1 Å². The van der Waals surface area contributed by atoms with E-state index in [0.717, 1.165) is 72.8 Å². The lowest BCUT2D eigenvalue weighted by molar-refractivity contribution is 0.669. The molecular weight excluding hydrogens is 627 g/mol. The maximum Gasteiger partial charge on any atom is 0.164 e. The zero-order valence-corrected chi connectivity index (χ0v) is 27.4. The third-order valence-corrected chi connectivity index (χ3v) is 9.41. The molecule has 2 aromatic heterocycles. The second-order valence-electron chi connectivity index (χ2n) is 12.5. The number of anilines is 6. The number of hydrogen-bond acceptors (Lipinski definition) is 6. The number of nitrogens with zero attached hydrogens (tertiary/aromatic N) is 5. The Morgan fingerprint density at radius 3 is 1.27 bits per heavy atom. The highest BCUT2D eigenvalue weighted by Gasteiger charge is 2.30. The Morgan fingerprint density at radius 1 is 0.333 bits per heavy atom. The Labute approximate surface area is 294 Å². The van der Waals surface area contributed by atoms with E-state index in [-0.39, 0.29) is 0 Å². The third kappa shape index (κ3) is 4.92. The molecule has 240 valence electrons. The van der Waals surface area contributed by atoms with Gasteiger partial charge in [0.2, 0.25) is 0 Å². The molecule has 6 nitrogen and oxygen atoms in total. The molecule has 0 amide bonds. The molecule has 0 N–H and O–H groups in total. The van der Waals surface area contributed by atoms with Gasteiger partial charge in [0.1, 0.15) is 11.2 Å². The second kappa shape index (κ2) is 11.8. The summed E-state index contributed by atoms with van der Waals surface area (Å²) in [5, 5.41) is 2.09. The Balaban J connectivity index is 1.09. The van der Waals surface area contributed by atoms with Crippen molar-refractivity contribution in [1.82, 2.24) is 15.0 Å². The van der Waals surface area contributed by atoms with Crippen LogP contribution in [0.2, 0.25) is 0 Å². The van der Waals surface area contributed by atoms with E-state index in [0.29, 0.717) is 17.5 Å². The molecule has 0 fully saturated rings. The monoisotopic (exact) mass is 655 g/mol. The van der Waals surface area contributed by atoms with Crippen molar-refractivity contribution < 1.29 is 4.42 Å². The Kier molecular flexibility index (Phi) is 6.70. The van der Waals surface area contributed by atoms with Crippen LogP contribution in [-0.2, 0) is 0 Å². The molecular formula is C45H29N5O. The molecule has 6 heteroatoms. The maximum absolute atomic E-state index is 6.63. The highest BCUT2D eigenvalue weighted by atomic mass is 16.3. The molecule has 0 saturated carbocycles. The summed E-state index contributed by atoms with van der Waals surface area (Å²) in [6.45, 7) is 0. The molecule has 7 aromatic carbocycles. The van der Waals surface area contributed by atoms with E-state index in [1.165, 1.54) is 0 Å². The van der Waals surface area contributed by atoms with Gasteiger partial charge in [0.15, 0.2) is 17.5 Å². The van der Waals surface area contributed by atoms with E-state index in [1.807, 2.05) is 66.7 Å². The molecule has 0 bridgehead atoms. The van der Waals surface area contributed by atoms with Crippen LogP contribution in [0.5, 0.6) is 0 Å². The second-order valence-corrected chi connectivity index (χ2v) is 12.5. The van der Waals surface area contributed by atoms with Crippen LogP contribution in [-0.4, -0.2) is 15.0 Å². The number of aromatic nitrogens is 3. The maximum atomic E-state index is 6.63. The summed E-state index contributed by atoms with van der Waals surface area (Å²) in [7, 11) is 0. The minimum atomic E-state index is 0.593. The number of rotatable bonds is 5. The van der Waals surface area contributed by atoms with E-state index >= 15 is 0 Å². The van der Waals surface area contributed by atoms with Crippen LogP contribution in [0.1, 0.15) is 0 Å². The number of furan rings is 1. The molecule has 0 radical (unpaired) electrons. The van der Waals surface area contributed by atoms with Crippen LogP contribution in [0.15, 0.2) is 180 Å². The van der Waals surface area contributed by atoms with Gasteiger partial charge in [-0.1, -0.05) is 109 Å². The van der Waals surface area contributed by atoms with Crippen molar-refractivity contribution in [1.29, 1.82) is 0 Å². The molecule has 0 saturated heterocycles. The fourth-order valence-electron chi connectivity index (χ4n) is 7.06. The molecule has 9 aromatic rings.